The number of carbonyl (C=O) groups excluding carboxylic acids is 1. The zero-order valence-corrected chi connectivity index (χ0v) is 10.8. The van der Waals surface area contributed by atoms with Gasteiger partial charge in [0.25, 0.3) is 5.91 Å². The largest absolute Gasteiger partial charge is 0.380 e. The first-order valence-electron chi connectivity index (χ1n) is 5.13. The van der Waals surface area contributed by atoms with Crippen LogP contribution in [0.5, 0.6) is 0 Å². The van der Waals surface area contributed by atoms with E-state index in [0.29, 0.717) is 16.6 Å². The molecule has 0 aliphatic carbocycles. The Bertz CT molecular complexity index is 585. The van der Waals surface area contributed by atoms with Crippen LogP contribution in [-0.2, 0) is 6.54 Å². The zero-order valence-electron chi connectivity index (χ0n) is 9.24. The van der Waals surface area contributed by atoms with E-state index in [1.807, 2.05) is 12.1 Å². The van der Waals surface area contributed by atoms with Crippen molar-refractivity contribution in [3.8, 4) is 0 Å². The highest BCUT2D eigenvalue weighted by atomic mass is 35.5. The van der Waals surface area contributed by atoms with Crippen LogP contribution in [0.25, 0.3) is 0 Å². The standard InChI is InChI=1S/C12H10ClFN2OS/c13-11-4-2-8(18-11)6-16-7-1-3-10(14)9(5-7)12(15)17/h1-5,16H,6H2,(H2,15,17). The number of carbonyl (C=O) groups is 1. The summed E-state index contributed by atoms with van der Waals surface area (Å²) in [4.78, 5) is 12.0. The zero-order chi connectivity index (χ0) is 13.1. The van der Waals surface area contributed by atoms with Gasteiger partial charge in [-0.15, -0.1) is 11.3 Å². The average molecular weight is 285 g/mol. The first-order valence-corrected chi connectivity index (χ1v) is 6.33. The van der Waals surface area contributed by atoms with Gasteiger partial charge in [-0.25, -0.2) is 4.39 Å². The maximum absolute atomic E-state index is 13.2. The number of hydrogen-bond acceptors (Lipinski definition) is 3. The average Bonchev–Trinajstić information content (AvgIpc) is 2.74. The summed E-state index contributed by atoms with van der Waals surface area (Å²) in [6, 6.07) is 7.87. The Morgan fingerprint density at radius 3 is 2.78 bits per heavy atom. The molecule has 0 bridgehead atoms. The molecule has 0 spiro atoms. The second kappa shape index (κ2) is 5.37. The van der Waals surface area contributed by atoms with Crippen LogP contribution in [0.4, 0.5) is 10.1 Å². The van der Waals surface area contributed by atoms with E-state index in [0.717, 1.165) is 4.88 Å². The van der Waals surface area contributed by atoms with E-state index in [-0.39, 0.29) is 5.56 Å². The van der Waals surface area contributed by atoms with Gasteiger partial charge >= 0.3 is 0 Å². The van der Waals surface area contributed by atoms with Gasteiger partial charge in [-0.05, 0) is 30.3 Å². The summed E-state index contributed by atoms with van der Waals surface area (Å²) in [6.45, 7) is 0.557. The predicted octanol–water partition coefficient (Wildman–Crippen LogP) is 3.25. The van der Waals surface area contributed by atoms with Crippen LogP contribution in [0.1, 0.15) is 15.2 Å². The number of thiophene rings is 1. The molecule has 3 N–H and O–H groups in total. The van der Waals surface area contributed by atoms with Crippen molar-refractivity contribution < 1.29 is 9.18 Å². The van der Waals surface area contributed by atoms with E-state index in [9.17, 15) is 9.18 Å². The van der Waals surface area contributed by atoms with Crippen molar-refractivity contribution in [2.75, 3.05) is 5.32 Å². The van der Waals surface area contributed by atoms with Crippen LogP contribution in [-0.4, -0.2) is 5.91 Å². The lowest BCUT2D eigenvalue weighted by atomic mass is 10.2. The molecule has 0 atom stereocenters. The van der Waals surface area contributed by atoms with E-state index >= 15 is 0 Å². The van der Waals surface area contributed by atoms with Gasteiger partial charge in [0.15, 0.2) is 0 Å². The van der Waals surface area contributed by atoms with Gasteiger partial charge in [0.05, 0.1) is 9.90 Å². The maximum Gasteiger partial charge on any atom is 0.251 e. The number of hydrogen-bond donors (Lipinski definition) is 2. The highest BCUT2D eigenvalue weighted by Crippen LogP contribution is 2.22. The predicted molar refractivity (Wildman–Crippen MR) is 71.6 cm³/mol. The molecule has 6 heteroatoms. The first kappa shape index (κ1) is 12.9. The Labute approximate surface area is 112 Å². The second-order valence-corrected chi connectivity index (χ2v) is 5.42. The van der Waals surface area contributed by atoms with Gasteiger partial charge < -0.3 is 11.1 Å². The minimum Gasteiger partial charge on any atom is -0.380 e. The molecule has 1 aromatic carbocycles. The molecule has 1 aromatic heterocycles. The summed E-state index contributed by atoms with van der Waals surface area (Å²) >= 11 is 7.27. The number of benzene rings is 1. The van der Waals surface area contributed by atoms with Crippen LogP contribution in [0.2, 0.25) is 4.34 Å². The van der Waals surface area contributed by atoms with Gasteiger partial charge in [-0.3, -0.25) is 4.79 Å². The third kappa shape index (κ3) is 3.00. The molecular weight excluding hydrogens is 275 g/mol. The molecule has 1 amide bonds. The maximum atomic E-state index is 13.2. The van der Waals surface area contributed by atoms with Gasteiger partial charge in [-0.1, -0.05) is 11.6 Å². The Balaban J connectivity index is 2.10. The van der Waals surface area contributed by atoms with E-state index in [4.69, 9.17) is 17.3 Å². The van der Waals surface area contributed by atoms with Crippen molar-refractivity contribution in [1.82, 2.24) is 0 Å². The van der Waals surface area contributed by atoms with E-state index < -0.39 is 11.7 Å². The summed E-state index contributed by atoms with van der Waals surface area (Å²) in [5, 5.41) is 3.07. The van der Waals surface area contributed by atoms with E-state index in [1.165, 1.54) is 23.5 Å². The van der Waals surface area contributed by atoms with Crippen LogP contribution in [0.15, 0.2) is 30.3 Å². The summed E-state index contributed by atoms with van der Waals surface area (Å²) in [5.74, 6) is -1.40. The number of amides is 1. The van der Waals surface area contributed by atoms with Crippen molar-refractivity contribution in [2.24, 2.45) is 5.73 Å². The molecule has 1 heterocycles. The number of halogens is 2. The monoisotopic (exact) mass is 284 g/mol. The van der Waals surface area contributed by atoms with Crippen LogP contribution in [0, 0.1) is 5.82 Å². The SMILES string of the molecule is NC(=O)c1cc(NCc2ccc(Cl)s2)ccc1F. The van der Waals surface area contributed by atoms with Crippen LogP contribution < -0.4 is 11.1 Å². The highest BCUT2D eigenvalue weighted by molar-refractivity contribution is 7.16. The van der Waals surface area contributed by atoms with Crippen molar-refractivity contribution in [1.29, 1.82) is 0 Å². The van der Waals surface area contributed by atoms with Crippen molar-refractivity contribution >= 4 is 34.5 Å². The number of rotatable bonds is 4. The molecule has 0 aliphatic heterocycles. The molecule has 3 nitrogen and oxygen atoms in total. The smallest absolute Gasteiger partial charge is 0.251 e. The quantitative estimate of drug-likeness (QED) is 0.905. The lowest BCUT2D eigenvalue weighted by Crippen LogP contribution is -2.13. The Morgan fingerprint density at radius 1 is 1.39 bits per heavy atom. The molecule has 0 fully saturated rings. The molecule has 2 aromatic rings. The third-order valence-electron chi connectivity index (χ3n) is 2.33. The number of nitrogens with one attached hydrogen (secondary N) is 1. The Morgan fingerprint density at radius 2 is 2.17 bits per heavy atom. The molecule has 0 saturated heterocycles. The molecule has 0 saturated carbocycles. The van der Waals surface area contributed by atoms with Crippen molar-refractivity contribution in [2.45, 2.75) is 6.54 Å². The minimum atomic E-state index is -0.782. The van der Waals surface area contributed by atoms with E-state index in [1.54, 1.807) is 6.07 Å². The lowest BCUT2D eigenvalue weighted by Gasteiger charge is -2.06. The molecular formula is C12H10ClFN2OS. The molecule has 0 radical (unpaired) electrons. The van der Waals surface area contributed by atoms with E-state index in [2.05, 4.69) is 5.32 Å². The summed E-state index contributed by atoms with van der Waals surface area (Å²) in [7, 11) is 0. The fraction of sp³-hybridized carbons (Fsp3) is 0.0833. The van der Waals surface area contributed by atoms with Gasteiger partial charge in [0, 0.05) is 17.1 Å². The molecule has 94 valence electrons. The van der Waals surface area contributed by atoms with Gasteiger partial charge in [0.2, 0.25) is 0 Å². The number of anilines is 1. The second-order valence-electron chi connectivity index (χ2n) is 3.62. The molecule has 0 unspecified atom stereocenters. The van der Waals surface area contributed by atoms with Gasteiger partial charge in [-0.2, -0.15) is 0 Å². The van der Waals surface area contributed by atoms with Crippen molar-refractivity contribution in [3.63, 3.8) is 0 Å². The number of nitrogens with two attached hydrogens (primary N) is 1. The summed E-state index contributed by atoms with van der Waals surface area (Å²) in [5.41, 5.74) is 5.58. The first-order chi connectivity index (χ1) is 8.56. The topological polar surface area (TPSA) is 55.1 Å². The summed E-state index contributed by atoms with van der Waals surface area (Å²) in [6.07, 6.45) is 0. The van der Waals surface area contributed by atoms with Crippen LogP contribution >= 0.6 is 22.9 Å². The highest BCUT2D eigenvalue weighted by Gasteiger charge is 2.08. The van der Waals surface area contributed by atoms with Gasteiger partial charge in [0.1, 0.15) is 5.82 Å². The number of primary amides is 1. The normalized spacial score (nSPS) is 10.3. The molecule has 2 rings (SSSR count). The minimum absolute atomic E-state index is 0.121. The fourth-order valence-electron chi connectivity index (χ4n) is 1.46. The Hall–Kier alpha value is -1.59. The lowest BCUT2D eigenvalue weighted by molar-refractivity contribution is 0.0996. The van der Waals surface area contributed by atoms with Crippen LogP contribution in [0.3, 0.4) is 0 Å². The fourth-order valence-corrected chi connectivity index (χ4v) is 2.49. The third-order valence-corrected chi connectivity index (χ3v) is 3.56. The molecule has 18 heavy (non-hydrogen) atoms. The summed E-state index contributed by atoms with van der Waals surface area (Å²) < 4.78 is 14.0. The Kier molecular flexibility index (Phi) is 3.84. The van der Waals surface area contributed by atoms with Crippen molar-refractivity contribution in [3.05, 3.63) is 50.9 Å². The molecule has 0 aliphatic rings.